The third kappa shape index (κ3) is 3.90. The summed E-state index contributed by atoms with van der Waals surface area (Å²) in [7, 11) is -3.62. The minimum atomic E-state index is -3.62. The van der Waals surface area contributed by atoms with Crippen LogP contribution in [-0.4, -0.2) is 18.6 Å². The van der Waals surface area contributed by atoms with Crippen LogP contribution in [0, 0.1) is 18.3 Å². The summed E-state index contributed by atoms with van der Waals surface area (Å²) in [5.74, 6) is 0.657. The van der Waals surface area contributed by atoms with Gasteiger partial charge in [-0.3, -0.25) is 0 Å². The number of furan rings is 1. The minimum Gasteiger partial charge on any atom is -0.464 e. The fraction of sp³-hybridized carbons (Fsp3) is 0.0800. The van der Waals surface area contributed by atoms with Gasteiger partial charge in [-0.2, -0.15) is 5.26 Å². The Balaban J connectivity index is 1.47. The van der Waals surface area contributed by atoms with Gasteiger partial charge in [-0.25, -0.2) is 8.42 Å². The summed E-state index contributed by atoms with van der Waals surface area (Å²) in [5, 5.41) is 18.0. The molecule has 0 saturated heterocycles. The molecule has 7 nitrogen and oxygen atoms in total. The highest BCUT2D eigenvalue weighted by Crippen LogP contribution is 2.34. The Kier molecular flexibility index (Phi) is 5.04. The van der Waals surface area contributed by atoms with Gasteiger partial charge in [-0.15, -0.1) is 10.2 Å². The standard InChI is InChI=1S/C25H17N3O4S/c1-16-27-28-25(32-16)18-8-11-24-22(12-18)23(14-31-24)17-6-9-21(10-7-17)33(29,30)15-20-5-3-2-4-19(20)13-26/h2-12,14H,15H2,1H3. The quantitative estimate of drug-likeness (QED) is 0.353. The van der Waals surface area contributed by atoms with Gasteiger partial charge in [0.15, 0.2) is 9.84 Å². The maximum absolute atomic E-state index is 12.9. The second kappa shape index (κ2) is 8.04. The van der Waals surface area contributed by atoms with Crippen LogP contribution in [0.4, 0.5) is 0 Å². The monoisotopic (exact) mass is 455 g/mol. The molecule has 0 aliphatic heterocycles. The summed E-state index contributed by atoms with van der Waals surface area (Å²) in [6, 6.07) is 21.0. The molecule has 0 unspecified atom stereocenters. The lowest BCUT2D eigenvalue weighted by Gasteiger charge is -2.07. The summed E-state index contributed by atoms with van der Waals surface area (Å²) in [4.78, 5) is 0.189. The Morgan fingerprint density at radius 3 is 2.45 bits per heavy atom. The zero-order chi connectivity index (χ0) is 23.0. The van der Waals surface area contributed by atoms with Crippen LogP contribution in [0.3, 0.4) is 0 Å². The predicted octanol–water partition coefficient (Wildman–Crippen LogP) is 5.30. The fourth-order valence-electron chi connectivity index (χ4n) is 3.68. The molecule has 162 valence electrons. The van der Waals surface area contributed by atoms with Crippen LogP contribution >= 0.6 is 0 Å². The first-order valence-electron chi connectivity index (χ1n) is 10.1. The van der Waals surface area contributed by atoms with E-state index in [9.17, 15) is 13.7 Å². The summed E-state index contributed by atoms with van der Waals surface area (Å²) < 4.78 is 37.1. The molecule has 0 amide bonds. The van der Waals surface area contributed by atoms with Crippen molar-refractivity contribution in [2.45, 2.75) is 17.6 Å². The summed E-state index contributed by atoms with van der Waals surface area (Å²) in [6.45, 7) is 1.73. The van der Waals surface area contributed by atoms with Gasteiger partial charge in [-0.05, 0) is 47.5 Å². The van der Waals surface area contributed by atoms with E-state index in [0.717, 1.165) is 22.1 Å². The molecule has 0 fully saturated rings. The van der Waals surface area contributed by atoms with Crippen molar-refractivity contribution in [2.75, 3.05) is 0 Å². The molecule has 0 spiro atoms. The maximum Gasteiger partial charge on any atom is 0.247 e. The molecule has 0 bridgehead atoms. The van der Waals surface area contributed by atoms with Crippen molar-refractivity contribution in [1.82, 2.24) is 10.2 Å². The predicted molar refractivity (Wildman–Crippen MR) is 122 cm³/mol. The molecule has 2 heterocycles. The average Bonchev–Trinajstić information content (AvgIpc) is 3.45. The van der Waals surface area contributed by atoms with Gasteiger partial charge < -0.3 is 8.83 Å². The first-order valence-corrected chi connectivity index (χ1v) is 11.7. The van der Waals surface area contributed by atoms with Gasteiger partial charge in [0, 0.05) is 23.4 Å². The molecule has 0 atom stereocenters. The number of sulfone groups is 1. The van der Waals surface area contributed by atoms with E-state index in [1.54, 1.807) is 61.7 Å². The molecular formula is C25H17N3O4S. The lowest BCUT2D eigenvalue weighted by atomic mass is 10.0. The molecule has 5 rings (SSSR count). The van der Waals surface area contributed by atoms with Crippen LogP contribution in [0.2, 0.25) is 0 Å². The van der Waals surface area contributed by atoms with E-state index in [0.29, 0.717) is 28.5 Å². The van der Waals surface area contributed by atoms with E-state index in [-0.39, 0.29) is 10.6 Å². The highest BCUT2D eigenvalue weighted by Gasteiger charge is 2.18. The third-order valence-corrected chi connectivity index (χ3v) is 7.04. The number of benzene rings is 3. The highest BCUT2D eigenvalue weighted by atomic mass is 32.2. The van der Waals surface area contributed by atoms with Gasteiger partial charge >= 0.3 is 0 Å². The third-order valence-electron chi connectivity index (χ3n) is 5.35. The lowest BCUT2D eigenvalue weighted by molar-refractivity contribution is 0.533. The van der Waals surface area contributed by atoms with Crippen molar-refractivity contribution in [3.05, 3.63) is 90.0 Å². The number of aryl methyl sites for hydroxylation is 1. The van der Waals surface area contributed by atoms with Crippen molar-refractivity contribution in [3.8, 4) is 28.7 Å². The molecule has 2 aromatic heterocycles. The number of hydrogen-bond donors (Lipinski definition) is 0. The summed E-state index contributed by atoms with van der Waals surface area (Å²) >= 11 is 0. The van der Waals surface area contributed by atoms with Gasteiger partial charge in [0.05, 0.1) is 28.5 Å². The Hall–Kier alpha value is -4.22. The Bertz CT molecular complexity index is 1620. The number of rotatable bonds is 5. The Labute approximate surface area is 189 Å². The summed E-state index contributed by atoms with van der Waals surface area (Å²) in [6.07, 6.45) is 1.64. The molecule has 0 N–H and O–H groups in total. The largest absolute Gasteiger partial charge is 0.464 e. The van der Waals surface area contributed by atoms with Crippen LogP contribution in [-0.2, 0) is 15.6 Å². The van der Waals surface area contributed by atoms with Gasteiger partial charge in [0.1, 0.15) is 5.58 Å². The van der Waals surface area contributed by atoms with E-state index >= 15 is 0 Å². The topological polar surface area (TPSA) is 110 Å². The number of fused-ring (bicyclic) bond motifs is 1. The van der Waals surface area contributed by atoms with E-state index in [1.807, 2.05) is 24.3 Å². The van der Waals surface area contributed by atoms with Gasteiger partial charge in [0.2, 0.25) is 11.8 Å². The van der Waals surface area contributed by atoms with Crippen molar-refractivity contribution < 1.29 is 17.3 Å². The van der Waals surface area contributed by atoms with E-state index < -0.39 is 9.84 Å². The van der Waals surface area contributed by atoms with Crippen LogP contribution in [0.25, 0.3) is 33.6 Å². The molecule has 8 heteroatoms. The first-order chi connectivity index (χ1) is 15.9. The Morgan fingerprint density at radius 2 is 1.73 bits per heavy atom. The molecule has 0 saturated carbocycles. The fourth-order valence-corrected chi connectivity index (χ4v) is 5.06. The first kappa shape index (κ1) is 20.7. The minimum absolute atomic E-state index is 0.189. The van der Waals surface area contributed by atoms with Crippen LogP contribution < -0.4 is 0 Å². The SMILES string of the molecule is Cc1nnc(-c2ccc3occ(-c4ccc(S(=O)(=O)Cc5ccccc5C#N)cc4)c3c2)o1. The number of nitriles is 1. The molecule has 0 aliphatic carbocycles. The number of nitrogens with zero attached hydrogens (tertiary/aromatic N) is 3. The molecule has 0 radical (unpaired) electrons. The van der Waals surface area contributed by atoms with Crippen LogP contribution in [0.1, 0.15) is 17.0 Å². The maximum atomic E-state index is 12.9. The van der Waals surface area contributed by atoms with Crippen molar-refractivity contribution in [1.29, 1.82) is 5.26 Å². The van der Waals surface area contributed by atoms with Crippen molar-refractivity contribution in [3.63, 3.8) is 0 Å². The van der Waals surface area contributed by atoms with Gasteiger partial charge in [-0.1, -0.05) is 30.3 Å². The summed E-state index contributed by atoms with van der Waals surface area (Å²) in [5.41, 5.74) is 3.92. The molecule has 3 aromatic carbocycles. The molecule has 33 heavy (non-hydrogen) atoms. The van der Waals surface area contributed by atoms with Crippen molar-refractivity contribution in [2.24, 2.45) is 0 Å². The number of hydrogen-bond acceptors (Lipinski definition) is 7. The van der Waals surface area contributed by atoms with E-state index in [4.69, 9.17) is 8.83 Å². The smallest absolute Gasteiger partial charge is 0.247 e. The van der Waals surface area contributed by atoms with Gasteiger partial charge in [0.25, 0.3) is 0 Å². The molecule has 0 aliphatic rings. The second-order valence-corrected chi connectivity index (χ2v) is 9.53. The highest BCUT2D eigenvalue weighted by molar-refractivity contribution is 7.90. The van der Waals surface area contributed by atoms with Crippen molar-refractivity contribution >= 4 is 20.8 Å². The van der Waals surface area contributed by atoms with Crippen LogP contribution in [0.15, 0.2) is 86.7 Å². The normalized spacial score (nSPS) is 11.5. The lowest BCUT2D eigenvalue weighted by Crippen LogP contribution is -2.06. The van der Waals surface area contributed by atoms with E-state index in [1.165, 1.54) is 0 Å². The van der Waals surface area contributed by atoms with Crippen LogP contribution in [0.5, 0.6) is 0 Å². The van der Waals surface area contributed by atoms with E-state index in [2.05, 4.69) is 10.2 Å². The number of aromatic nitrogens is 2. The zero-order valence-corrected chi connectivity index (χ0v) is 18.3. The second-order valence-electron chi connectivity index (χ2n) is 7.54. The zero-order valence-electron chi connectivity index (χ0n) is 17.5. The molecule has 5 aromatic rings. The Morgan fingerprint density at radius 1 is 0.970 bits per heavy atom. The molecular weight excluding hydrogens is 438 g/mol. The average molecular weight is 455 g/mol.